The van der Waals surface area contributed by atoms with Crippen molar-refractivity contribution in [3.8, 4) is 5.69 Å². The number of fused-ring (bicyclic) bond motifs is 1. The van der Waals surface area contributed by atoms with Crippen LogP contribution in [0.1, 0.15) is 62.3 Å². The Hall–Kier alpha value is -3.13. The molecule has 3 aliphatic rings. The maximum absolute atomic E-state index is 13.9. The number of likely N-dealkylation sites (tertiary alicyclic amines) is 1. The number of anilines is 1. The fourth-order valence-corrected chi connectivity index (χ4v) is 7.17. The average molecular weight is 628 g/mol. The number of nitrogens with one attached hydrogen (secondary N) is 1. The largest absolute Gasteiger partial charge is 0.381 e. The second-order valence-electron chi connectivity index (χ2n) is 12.4. The van der Waals surface area contributed by atoms with Crippen LogP contribution in [0.25, 0.3) is 16.7 Å². The number of benzene rings is 1. The highest BCUT2D eigenvalue weighted by molar-refractivity contribution is 7.87. The van der Waals surface area contributed by atoms with Gasteiger partial charge in [-0.3, -0.25) is 4.79 Å². The van der Waals surface area contributed by atoms with Crippen molar-refractivity contribution in [2.75, 3.05) is 52.3 Å². The van der Waals surface area contributed by atoms with Gasteiger partial charge in [0.1, 0.15) is 5.82 Å². The third kappa shape index (κ3) is 6.33. The average Bonchev–Trinajstić information content (AvgIpc) is 3.34. The zero-order valence-electron chi connectivity index (χ0n) is 25.7. The van der Waals surface area contributed by atoms with Gasteiger partial charge in [0.05, 0.1) is 40.7 Å². The number of carbonyl (C=O) groups excluding carboxylic acids is 1. The summed E-state index contributed by atoms with van der Waals surface area (Å²) in [4.78, 5) is 22.8. The molecule has 0 unspecified atom stereocenters. The molecule has 2 aliphatic heterocycles. The van der Waals surface area contributed by atoms with Crippen molar-refractivity contribution in [3.05, 3.63) is 47.5 Å². The van der Waals surface area contributed by atoms with E-state index in [9.17, 15) is 17.6 Å². The van der Waals surface area contributed by atoms with Crippen LogP contribution in [-0.4, -0.2) is 97.8 Å². The predicted molar refractivity (Wildman–Crippen MR) is 167 cm³/mol. The first-order chi connectivity index (χ1) is 21.1. The maximum atomic E-state index is 13.9. The van der Waals surface area contributed by atoms with Crippen molar-refractivity contribution >= 4 is 32.8 Å². The SMILES string of the molecule is COC1CCN(C2CCN(c3cc(CC(=O)NS(=O)(=O)N(C)C)nc4c3c(C3CCC3)nn4-c3ccc(F)cc3)CC2)CC1. The topological polar surface area (TPSA) is 113 Å². The first kappa shape index (κ1) is 30.9. The Morgan fingerprint density at radius 2 is 1.73 bits per heavy atom. The van der Waals surface area contributed by atoms with Crippen LogP contribution in [0.4, 0.5) is 10.1 Å². The van der Waals surface area contributed by atoms with E-state index in [4.69, 9.17) is 14.8 Å². The lowest BCUT2D eigenvalue weighted by atomic mass is 9.82. The van der Waals surface area contributed by atoms with Gasteiger partial charge in [0, 0.05) is 59.3 Å². The standard InChI is InChI=1S/C31H42FN7O4S/c1-36(2)44(41,42)35-28(40)20-23-19-27(38-15-11-24(12-16-38)37-17-13-26(43-3)14-18-37)29-30(21-5-4-6-21)34-39(31(29)33-23)25-9-7-22(32)8-10-25/h7-10,19,21,24,26H,4-6,11-18,20H2,1-3H3,(H,35,40). The van der Waals surface area contributed by atoms with E-state index in [1.807, 2.05) is 6.07 Å². The van der Waals surface area contributed by atoms with Gasteiger partial charge in [-0.15, -0.1) is 0 Å². The Kier molecular flexibility index (Phi) is 8.91. The molecular weight excluding hydrogens is 585 g/mol. The number of pyridine rings is 1. The second-order valence-corrected chi connectivity index (χ2v) is 14.3. The molecule has 1 saturated carbocycles. The fourth-order valence-electron chi connectivity index (χ4n) is 6.63. The molecule has 0 spiro atoms. The van der Waals surface area contributed by atoms with Crippen LogP contribution >= 0.6 is 0 Å². The van der Waals surface area contributed by atoms with Gasteiger partial charge in [0.15, 0.2) is 5.65 Å². The third-order valence-electron chi connectivity index (χ3n) is 9.46. The summed E-state index contributed by atoms with van der Waals surface area (Å²) in [5.74, 6) is -0.702. The van der Waals surface area contributed by atoms with Gasteiger partial charge in [0.25, 0.3) is 0 Å². The van der Waals surface area contributed by atoms with E-state index < -0.39 is 16.1 Å². The normalized spacial score (nSPS) is 19.5. The molecule has 1 aliphatic carbocycles. The quantitative estimate of drug-likeness (QED) is 0.385. The highest BCUT2D eigenvalue weighted by atomic mass is 32.2. The van der Waals surface area contributed by atoms with Crippen LogP contribution < -0.4 is 9.62 Å². The lowest BCUT2D eigenvalue weighted by Gasteiger charge is -2.42. The van der Waals surface area contributed by atoms with Crippen molar-refractivity contribution in [2.45, 2.75) is 69.4 Å². The molecular formula is C31H42FN7O4S. The summed E-state index contributed by atoms with van der Waals surface area (Å²) in [7, 11) is 0.586. The highest BCUT2D eigenvalue weighted by Gasteiger charge is 2.33. The number of hydrogen-bond acceptors (Lipinski definition) is 8. The number of ether oxygens (including phenoxy) is 1. The number of carbonyl (C=O) groups is 1. The molecule has 6 rings (SSSR count). The monoisotopic (exact) mass is 627 g/mol. The molecule has 0 radical (unpaired) electrons. The van der Waals surface area contributed by atoms with Gasteiger partial charge >= 0.3 is 10.2 Å². The highest BCUT2D eigenvalue weighted by Crippen LogP contribution is 2.43. The number of methoxy groups -OCH3 is 1. The number of nitrogens with zero attached hydrogens (tertiary/aromatic N) is 6. The summed E-state index contributed by atoms with van der Waals surface area (Å²) in [5, 5.41) is 6.02. The summed E-state index contributed by atoms with van der Waals surface area (Å²) in [6, 6.07) is 8.60. The minimum Gasteiger partial charge on any atom is -0.381 e. The summed E-state index contributed by atoms with van der Waals surface area (Å²) in [6.07, 6.45) is 7.51. The molecule has 238 valence electrons. The fraction of sp³-hybridized carbons (Fsp3) is 0.581. The Balaban J connectivity index is 1.36. The molecule has 4 heterocycles. The van der Waals surface area contributed by atoms with E-state index in [1.54, 1.807) is 23.9 Å². The van der Waals surface area contributed by atoms with Gasteiger partial charge in [0.2, 0.25) is 5.91 Å². The first-order valence-electron chi connectivity index (χ1n) is 15.6. The molecule has 0 bridgehead atoms. The number of halogens is 1. The minimum absolute atomic E-state index is 0.214. The molecule has 1 N–H and O–H groups in total. The van der Waals surface area contributed by atoms with Crippen molar-refractivity contribution in [2.24, 2.45) is 0 Å². The number of amides is 1. The lowest BCUT2D eigenvalue weighted by molar-refractivity contribution is -0.118. The van der Waals surface area contributed by atoms with Crippen LogP contribution in [0.2, 0.25) is 0 Å². The number of piperidine rings is 2. The van der Waals surface area contributed by atoms with Crippen LogP contribution in [-0.2, 0) is 26.2 Å². The Morgan fingerprint density at radius 1 is 1.05 bits per heavy atom. The Labute approximate surface area is 258 Å². The van der Waals surface area contributed by atoms with E-state index in [0.717, 1.165) is 92.2 Å². The predicted octanol–water partition coefficient (Wildman–Crippen LogP) is 3.37. The molecule has 13 heteroatoms. The molecule has 2 aromatic heterocycles. The summed E-state index contributed by atoms with van der Waals surface area (Å²) in [5.41, 5.74) is 3.67. The first-order valence-corrected chi connectivity index (χ1v) is 17.0. The second kappa shape index (κ2) is 12.7. The third-order valence-corrected chi connectivity index (χ3v) is 10.9. The van der Waals surface area contributed by atoms with Crippen molar-refractivity contribution < 1.29 is 22.3 Å². The number of aromatic nitrogens is 3. The van der Waals surface area contributed by atoms with Crippen molar-refractivity contribution in [1.82, 2.24) is 28.7 Å². The zero-order valence-corrected chi connectivity index (χ0v) is 26.5. The number of rotatable bonds is 9. The van der Waals surface area contributed by atoms with Crippen LogP contribution in [0, 0.1) is 5.82 Å². The summed E-state index contributed by atoms with van der Waals surface area (Å²) < 4.78 is 49.0. The van der Waals surface area contributed by atoms with Gasteiger partial charge in [-0.05, 0) is 68.9 Å². The van der Waals surface area contributed by atoms with Crippen LogP contribution in [0.15, 0.2) is 30.3 Å². The van der Waals surface area contributed by atoms with E-state index >= 15 is 0 Å². The van der Waals surface area contributed by atoms with E-state index in [2.05, 4.69) is 14.5 Å². The van der Waals surface area contributed by atoms with E-state index in [-0.39, 0.29) is 12.2 Å². The maximum Gasteiger partial charge on any atom is 0.303 e. The minimum atomic E-state index is -3.94. The molecule has 1 aromatic carbocycles. The molecule has 3 aromatic rings. The van der Waals surface area contributed by atoms with Crippen LogP contribution in [0.3, 0.4) is 0 Å². The molecule has 44 heavy (non-hydrogen) atoms. The van der Waals surface area contributed by atoms with E-state index in [0.29, 0.717) is 35.1 Å². The van der Waals surface area contributed by atoms with Gasteiger partial charge < -0.3 is 14.5 Å². The van der Waals surface area contributed by atoms with Crippen molar-refractivity contribution in [3.63, 3.8) is 0 Å². The van der Waals surface area contributed by atoms with Gasteiger partial charge in [-0.25, -0.2) is 18.8 Å². The molecule has 3 fully saturated rings. The van der Waals surface area contributed by atoms with E-state index in [1.165, 1.54) is 26.2 Å². The molecule has 0 atom stereocenters. The Morgan fingerprint density at radius 3 is 2.32 bits per heavy atom. The summed E-state index contributed by atoms with van der Waals surface area (Å²) in [6.45, 7) is 3.79. The van der Waals surface area contributed by atoms with Crippen molar-refractivity contribution in [1.29, 1.82) is 0 Å². The smallest absolute Gasteiger partial charge is 0.303 e. The number of hydrogen-bond donors (Lipinski definition) is 1. The van der Waals surface area contributed by atoms with Crippen LogP contribution in [0.5, 0.6) is 0 Å². The lowest BCUT2D eigenvalue weighted by Crippen LogP contribution is -2.48. The van der Waals surface area contributed by atoms with Gasteiger partial charge in [-0.2, -0.15) is 17.8 Å². The molecule has 11 nitrogen and oxygen atoms in total. The Bertz CT molecular complexity index is 1590. The van der Waals surface area contributed by atoms with Gasteiger partial charge in [-0.1, -0.05) is 6.42 Å². The zero-order chi connectivity index (χ0) is 31.0. The molecule has 2 saturated heterocycles. The summed E-state index contributed by atoms with van der Waals surface area (Å²) >= 11 is 0. The molecule has 1 amide bonds.